The highest BCUT2D eigenvalue weighted by atomic mass is 19.1. The van der Waals surface area contributed by atoms with Crippen LogP contribution in [0.15, 0.2) is 34.9 Å². The van der Waals surface area contributed by atoms with Gasteiger partial charge in [-0.1, -0.05) is 17.3 Å². The predicted molar refractivity (Wildman–Crippen MR) is 77.7 cm³/mol. The lowest BCUT2D eigenvalue weighted by Gasteiger charge is -2.31. The van der Waals surface area contributed by atoms with E-state index in [0.717, 1.165) is 0 Å². The molecule has 0 spiro atoms. The number of amides is 1. The molecule has 6 nitrogen and oxygen atoms in total. The molecule has 2 heterocycles. The van der Waals surface area contributed by atoms with Crippen molar-refractivity contribution >= 4 is 11.9 Å². The van der Waals surface area contributed by atoms with E-state index in [-0.39, 0.29) is 23.1 Å². The Kier molecular flexibility index (Phi) is 4.10. The Labute approximate surface area is 131 Å². The molecular formula is C16H15FN2O4. The van der Waals surface area contributed by atoms with Gasteiger partial charge in [0.2, 0.25) is 5.76 Å². The summed E-state index contributed by atoms with van der Waals surface area (Å²) in [5.74, 6) is -2.16. The minimum Gasteiger partial charge on any atom is -0.475 e. The maximum absolute atomic E-state index is 13.7. The molecule has 0 radical (unpaired) electrons. The highest BCUT2D eigenvalue weighted by molar-refractivity contribution is 5.94. The van der Waals surface area contributed by atoms with E-state index in [2.05, 4.69) is 5.16 Å². The van der Waals surface area contributed by atoms with Crippen molar-refractivity contribution < 1.29 is 23.6 Å². The van der Waals surface area contributed by atoms with E-state index < -0.39 is 11.8 Å². The van der Waals surface area contributed by atoms with Gasteiger partial charge in [-0.15, -0.1) is 0 Å². The molecule has 0 aliphatic carbocycles. The number of carbonyl (C=O) groups is 2. The van der Waals surface area contributed by atoms with Gasteiger partial charge in [0, 0.05) is 25.1 Å². The van der Waals surface area contributed by atoms with Crippen LogP contribution in [0.25, 0.3) is 0 Å². The molecule has 1 aromatic carbocycles. The van der Waals surface area contributed by atoms with Crippen LogP contribution in [0, 0.1) is 5.82 Å². The minimum atomic E-state index is -1.16. The van der Waals surface area contributed by atoms with Gasteiger partial charge in [-0.25, -0.2) is 9.18 Å². The molecule has 0 atom stereocenters. The zero-order valence-electron chi connectivity index (χ0n) is 12.2. The van der Waals surface area contributed by atoms with Crippen LogP contribution < -0.4 is 0 Å². The first-order valence-electron chi connectivity index (χ1n) is 7.30. The van der Waals surface area contributed by atoms with Gasteiger partial charge in [-0.2, -0.15) is 0 Å². The number of likely N-dealkylation sites (tertiary alicyclic amines) is 1. The summed E-state index contributed by atoms with van der Waals surface area (Å²) in [7, 11) is 0. The Morgan fingerprint density at radius 2 is 1.96 bits per heavy atom. The number of piperidine rings is 1. The van der Waals surface area contributed by atoms with Crippen molar-refractivity contribution in [2.24, 2.45) is 0 Å². The predicted octanol–water partition coefficient (Wildman–Crippen LogP) is 2.53. The maximum Gasteiger partial charge on any atom is 0.374 e. The molecular weight excluding hydrogens is 303 g/mol. The second-order valence-electron chi connectivity index (χ2n) is 5.47. The van der Waals surface area contributed by atoms with Crippen LogP contribution in [0.4, 0.5) is 4.39 Å². The first-order chi connectivity index (χ1) is 11.1. The quantitative estimate of drug-likeness (QED) is 0.940. The molecule has 0 bridgehead atoms. The number of carboxylic acid groups (broad SMARTS) is 1. The number of rotatable bonds is 3. The van der Waals surface area contributed by atoms with Crippen LogP contribution in [0.3, 0.4) is 0 Å². The van der Waals surface area contributed by atoms with E-state index in [0.29, 0.717) is 31.6 Å². The summed E-state index contributed by atoms with van der Waals surface area (Å²) in [5, 5.41) is 12.6. The summed E-state index contributed by atoms with van der Waals surface area (Å²) >= 11 is 0. The lowest BCUT2D eigenvalue weighted by atomic mass is 9.93. The van der Waals surface area contributed by atoms with Gasteiger partial charge in [0.25, 0.3) is 5.91 Å². The van der Waals surface area contributed by atoms with Crippen LogP contribution in [-0.4, -0.2) is 40.1 Å². The Hall–Kier alpha value is -2.70. The third-order valence-electron chi connectivity index (χ3n) is 4.04. The van der Waals surface area contributed by atoms with Crippen LogP contribution in [0.1, 0.15) is 45.4 Å². The van der Waals surface area contributed by atoms with Crippen LogP contribution in [0.5, 0.6) is 0 Å². The number of aromatic nitrogens is 1. The zero-order chi connectivity index (χ0) is 16.4. The molecule has 1 amide bonds. The standard InChI is InChI=1S/C16H15FN2O4/c17-12-4-2-1-3-11(12)15(20)19-7-5-10(6-8-19)13-9-14(16(21)22)23-18-13/h1-4,9-10H,5-8H2,(H,21,22). The summed E-state index contributed by atoms with van der Waals surface area (Å²) in [6.45, 7) is 0.931. The minimum absolute atomic E-state index is 0.0384. The van der Waals surface area contributed by atoms with Gasteiger partial charge in [-0.05, 0) is 25.0 Å². The number of hydrogen-bond donors (Lipinski definition) is 1. The van der Waals surface area contributed by atoms with E-state index >= 15 is 0 Å². The van der Waals surface area contributed by atoms with Crippen molar-refractivity contribution in [2.45, 2.75) is 18.8 Å². The fourth-order valence-corrected chi connectivity index (χ4v) is 2.77. The third kappa shape index (κ3) is 3.08. The van der Waals surface area contributed by atoms with E-state index in [1.165, 1.54) is 18.2 Å². The summed E-state index contributed by atoms with van der Waals surface area (Å²) in [6.07, 6.45) is 1.26. The highest BCUT2D eigenvalue weighted by Gasteiger charge is 2.28. The van der Waals surface area contributed by atoms with E-state index in [4.69, 9.17) is 9.63 Å². The fourth-order valence-electron chi connectivity index (χ4n) is 2.77. The fraction of sp³-hybridized carbons (Fsp3) is 0.312. The average molecular weight is 318 g/mol. The van der Waals surface area contributed by atoms with Crippen molar-refractivity contribution in [3.05, 3.63) is 53.2 Å². The molecule has 1 N–H and O–H groups in total. The number of aromatic carboxylic acids is 1. The highest BCUT2D eigenvalue weighted by Crippen LogP contribution is 2.28. The SMILES string of the molecule is O=C(O)c1cc(C2CCN(C(=O)c3ccccc3F)CC2)no1. The van der Waals surface area contributed by atoms with Gasteiger partial charge < -0.3 is 14.5 Å². The van der Waals surface area contributed by atoms with Gasteiger partial charge in [-0.3, -0.25) is 4.79 Å². The van der Waals surface area contributed by atoms with Gasteiger partial charge >= 0.3 is 5.97 Å². The molecule has 1 saturated heterocycles. The summed E-state index contributed by atoms with van der Waals surface area (Å²) in [6, 6.07) is 7.33. The third-order valence-corrected chi connectivity index (χ3v) is 4.04. The first kappa shape index (κ1) is 15.2. The molecule has 23 heavy (non-hydrogen) atoms. The summed E-state index contributed by atoms with van der Waals surface area (Å²) in [5.41, 5.74) is 0.654. The van der Waals surface area contributed by atoms with Gasteiger partial charge in [0.15, 0.2) is 0 Å². The topological polar surface area (TPSA) is 83.6 Å². The molecule has 2 aromatic rings. The molecule has 3 rings (SSSR count). The Bertz CT molecular complexity index is 735. The monoisotopic (exact) mass is 318 g/mol. The number of carboxylic acids is 1. The summed E-state index contributed by atoms with van der Waals surface area (Å²) < 4.78 is 18.4. The Morgan fingerprint density at radius 3 is 2.57 bits per heavy atom. The van der Waals surface area contributed by atoms with Gasteiger partial charge in [0.1, 0.15) is 5.82 Å². The molecule has 0 unspecified atom stereocenters. The second-order valence-corrected chi connectivity index (χ2v) is 5.47. The van der Waals surface area contributed by atoms with E-state index in [1.54, 1.807) is 17.0 Å². The molecule has 1 aromatic heterocycles. The molecule has 1 aliphatic heterocycles. The molecule has 1 aliphatic rings. The van der Waals surface area contributed by atoms with Crippen molar-refractivity contribution in [2.75, 3.05) is 13.1 Å². The smallest absolute Gasteiger partial charge is 0.374 e. The number of nitrogens with zero attached hydrogens (tertiary/aromatic N) is 2. The number of carbonyl (C=O) groups excluding carboxylic acids is 1. The van der Waals surface area contributed by atoms with Crippen LogP contribution in [-0.2, 0) is 0 Å². The van der Waals surface area contributed by atoms with Crippen molar-refractivity contribution in [3.63, 3.8) is 0 Å². The number of benzene rings is 1. The second kappa shape index (κ2) is 6.20. The lowest BCUT2D eigenvalue weighted by molar-refractivity contribution is 0.0649. The molecule has 7 heteroatoms. The Morgan fingerprint density at radius 1 is 1.26 bits per heavy atom. The van der Waals surface area contributed by atoms with E-state index in [1.807, 2.05) is 0 Å². The summed E-state index contributed by atoms with van der Waals surface area (Å²) in [4.78, 5) is 24.7. The number of hydrogen-bond acceptors (Lipinski definition) is 4. The van der Waals surface area contributed by atoms with Crippen molar-refractivity contribution in [1.82, 2.24) is 10.1 Å². The Balaban J connectivity index is 1.65. The van der Waals surface area contributed by atoms with Crippen molar-refractivity contribution in [3.8, 4) is 0 Å². The molecule has 1 fully saturated rings. The largest absolute Gasteiger partial charge is 0.475 e. The van der Waals surface area contributed by atoms with Crippen molar-refractivity contribution in [1.29, 1.82) is 0 Å². The first-order valence-corrected chi connectivity index (χ1v) is 7.30. The maximum atomic E-state index is 13.7. The average Bonchev–Trinajstić information content (AvgIpc) is 3.05. The number of halogens is 1. The van der Waals surface area contributed by atoms with Crippen LogP contribution in [0.2, 0.25) is 0 Å². The normalized spacial score (nSPS) is 15.6. The van der Waals surface area contributed by atoms with E-state index in [9.17, 15) is 14.0 Å². The lowest BCUT2D eigenvalue weighted by Crippen LogP contribution is -2.38. The zero-order valence-corrected chi connectivity index (χ0v) is 12.2. The molecule has 120 valence electrons. The molecule has 0 saturated carbocycles. The van der Waals surface area contributed by atoms with Gasteiger partial charge in [0.05, 0.1) is 11.3 Å². The van der Waals surface area contributed by atoms with Crippen LogP contribution >= 0.6 is 0 Å².